The van der Waals surface area contributed by atoms with E-state index >= 15 is 0 Å². The van der Waals surface area contributed by atoms with Crippen LogP contribution >= 0.6 is 11.3 Å². The van der Waals surface area contributed by atoms with Gasteiger partial charge in [0.15, 0.2) is 0 Å². The molecular weight excluding hydrogens is 583 g/mol. The predicted molar refractivity (Wildman–Crippen MR) is 195 cm³/mol. The molecule has 2 aromatic heterocycles. The Balaban J connectivity index is 1.12. The zero-order valence-corrected chi connectivity index (χ0v) is 27.1. The number of rotatable bonds is 3. The van der Waals surface area contributed by atoms with E-state index in [-0.39, 0.29) is 0 Å². The Labute approximate surface area is 268 Å². The summed E-state index contributed by atoms with van der Waals surface area (Å²) in [5, 5.41) is 6.83. The van der Waals surface area contributed by atoms with Crippen molar-refractivity contribution in [3.05, 3.63) is 132 Å². The lowest BCUT2D eigenvalue weighted by molar-refractivity contribution is 0.670. The van der Waals surface area contributed by atoms with Crippen LogP contribution in [0, 0.1) is 0 Å². The quantitative estimate of drug-likeness (QED) is 0.185. The zero-order valence-electron chi connectivity index (χ0n) is 25.1. The van der Waals surface area contributed by atoms with Crippen molar-refractivity contribution in [2.45, 2.75) is 32.2 Å². The van der Waals surface area contributed by atoms with Crippen molar-refractivity contribution in [2.75, 3.05) is 4.90 Å². The van der Waals surface area contributed by atoms with E-state index in [2.05, 4.69) is 127 Å². The molecule has 1 atom stereocenters. The highest BCUT2D eigenvalue weighted by molar-refractivity contribution is 7.22. The first kappa shape index (κ1) is 25.7. The van der Waals surface area contributed by atoms with Gasteiger partial charge in [0.05, 0.1) is 0 Å². The van der Waals surface area contributed by atoms with Gasteiger partial charge in [-0.05, 0) is 100 Å². The largest absolute Gasteiger partial charge is 0.455 e. The van der Waals surface area contributed by atoms with Gasteiger partial charge in [0.1, 0.15) is 20.0 Å². The minimum atomic E-state index is -1.40. The van der Waals surface area contributed by atoms with E-state index in [1.165, 1.54) is 81.0 Å². The topological polar surface area (TPSA) is 16.4 Å². The molecule has 1 aliphatic heterocycles. The maximum absolute atomic E-state index is 6.53. The molecule has 0 radical (unpaired) electrons. The van der Waals surface area contributed by atoms with Gasteiger partial charge in [0.25, 0.3) is 0 Å². The fourth-order valence-corrected chi connectivity index (χ4v) is 12.0. The van der Waals surface area contributed by atoms with Crippen LogP contribution < -0.4 is 15.3 Å². The summed E-state index contributed by atoms with van der Waals surface area (Å²) in [6.07, 6.45) is 11.5. The number of para-hydroxylation sites is 1. The van der Waals surface area contributed by atoms with Crippen LogP contribution in [0.1, 0.15) is 24.0 Å². The monoisotopic (exact) mass is 613 g/mol. The van der Waals surface area contributed by atoms with Crippen LogP contribution in [-0.2, 0) is 12.8 Å². The number of nitrogens with zero attached hydrogens (tertiary/aromatic N) is 1. The highest BCUT2D eigenvalue weighted by atomic mass is 32.1. The van der Waals surface area contributed by atoms with Crippen molar-refractivity contribution in [3.63, 3.8) is 0 Å². The maximum Gasteiger partial charge on any atom is 0.143 e. The smallest absolute Gasteiger partial charge is 0.143 e. The van der Waals surface area contributed by atoms with Crippen LogP contribution in [0.25, 0.3) is 53.6 Å². The fourth-order valence-electron chi connectivity index (χ4n) is 8.06. The number of benzene rings is 5. The third kappa shape index (κ3) is 3.73. The third-order valence-electron chi connectivity index (χ3n) is 10.2. The van der Waals surface area contributed by atoms with Crippen LogP contribution in [0.2, 0.25) is 6.55 Å². The summed E-state index contributed by atoms with van der Waals surface area (Å²) < 4.78 is 7.91. The molecule has 4 heteroatoms. The zero-order chi connectivity index (χ0) is 29.6. The molecule has 7 aromatic rings. The number of thiophene rings is 1. The van der Waals surface area contributed by atoms with Crippen molar-refractivity contribution in [1.82, 2.24) is 0 Å². The van der Waals surface area contributed by atoms with Crippen molar-refractivity contribution >= 4 is 73.9 Å². The van der Waals surface area contributed by atoms with Gasteiger partial charge >= 0.3 is 0 Å². The first-order valence-electron chi connectivity index (χ1n) is 16.1. The van der Waals surface area contributed by atoms with Crippen molar-refractivity contribution in [1.29, 1.82) is 0 Å². The molecule has 0 saturated carbocycles. The minimum Gasteiger partial charge on any atom is -0.455 e. The molecule has 5 aromatic carbocycles. The Bertz CT molecular complexity index is 2420. The Kier molecular flexibility index (Phi) is 5.52. The van der Waals surface area contributed by atoms with Crippen molar-refractivity contribution in [2.24, 2.45) is 0 Å². The van der Waals surface area contributed by atoms with E-state index < -0.39 is 8.80 Å². The van der Waals surface area contributed by atoms with Gasteiger partial charge in [-0.25, -0.2) is 0 Å². The van der Waals surface area contributed by atoms with Crippen LogP contribution in [0.4, 0.5) is 11.4 Å². The van der Waals surface area contributed by atoms with E-state index in [4.69, 9.17) is 4.42 Å². The fraction of sp³-hybridized carbons (Fsp3) is 0.122. The van der Waals surface area contributed by atoms with Gasteiger partial charge in [0, 0.05) is 43.0 Å². The van der Waals surface area contributed by atoms with Crippen LogP contribution in [0.15, 0.2) is 125 Å². The van der Waals surface area contributed by atoms with Gasteiger partial charge in [-0.3, -0.25) is 0 Å². The molecule has 0 amide bonds. The lowest BCUT2D eigenvalue weighted by Crippen LogP contribution is -2.34. The van der Waals surface area contributed by atoms with Crippen LogP contribution in [0.3, 0.4) is 0 Å². The number of anilines is 2. The molecule has 3 aliphatic rings. The highest BCUT2D eigenvalue weighted by Gasteiger charge is 2.31. The molecule has 1 unspecified atom stereocenters. The maximum atomic E-state index is 6.53. The third-order valence-corrected chi connectivity index (χ3v) is 14.3. The lowest BCUT2D eigenvalue weighted by Gasteiger charge is -2.28. The second-order valence-electron chi connectivity index (χ2n) is 12.7. The van der Waals surface area contributed by atoms with Crippen LogP contribution in [-0.4, -0.2) is 8.80 Å². The molecule has 0 N–H and O–H groups in total. The molecule has 10 rings (SSSR count). The average Bonchev–Trinajstić information content (AvgIpc) is 3.75. The molecule has 0 spiro atoms. The summed E-state index contributed by atoms with van der Waals surface area (Å²) in [7, 11) is -1.40. The summed E-state index contributed by atoms with van der Waals surface area (Å²) in [6, 6.07) is 36.4. The summed E-state index contributed by atoms with van der Waals surface area (Å²) in [5.41, 5.74) is 12.8. The first-order chi connectivity index (χ1) is 22.2. The van der Waals surface area contributed by atoms with Crippen molar-refractivity contribution < 1.29 is 4.42 Å². The molecular formula is C41H31NOSSi. The average molecular weight is 614 g/mol. The summed E-state index contributed by atoms with van der Waals surface area (Å²) in [5.74, 6) is 0. The number of hydrogen-bond donors (Lipinski definition) is 0. The number of furan rings is 1. The Morgan fingerprint density at radius 2 is 1.58 bits per heavy atom. The normalized spacial score (nSPS) is 16.5. The minimum absolute atomic E-state index is 0.969. The van der Waals surface area contributed by atoms with E-state index in [1.54, 1.807) is 0 Å². The molecule has 2 nitrogen and oxygen atoms in total. The summed E-state index contributed by atoms with van der Waals surface area (Å²) in [6.45, 7) is 2.48. The standard InChI is InChI=1S/C41H31NOSSi/c1-45-37-22-21-32-30-13-7-8-14-35(30)43-40(32)39(37)34-20-17-28(24-38(34)45)42(26-10-3-2-4-11-26)27-16-19-31-33-18-15-25-9-5-6-12-29(25)41(33)44-36(31)23-27/h3,5-14,16-17,19-24,45H,2,4,15,18H2,1H3. The number of hydrogen-bond acceptors (Lipinski definition) is 3. The molecule has 0 fully saturated rings. The Hall–Kier alpha value is -4.64. The van der Waals surface area contributed by atoms with Gasteiger partial charge in [-0.1, -0.05) is 85.4 Å². The number of aryl methyl sites for hydroxylation is 2. The van der Waals surface area contributed by atoms with Gasteiger partial charge in [-0.2, -0.15) is 0 Å². The number of allylic oxidation sites excluding steroid dienone is 3. The highest BCUT2D eigenvalue weighted by Crippen LogP contribution is 2.46. The lowest BCUT2D eigenvalue weighted by atomic mass is 9.90. The molecule has 0 saturated heterocycles. The summed E-state index contributed by atoms with van der Waals surface area (Å²) >= 11 is 1.96. The molecule has 2 aliphatic carbocycles. The Morgan fingerprint density at radius 1 is 0.733 bits per heavy atom. The van der Waals surface area contributed by atoms with E-state index in [1.807, 2.05) is 11.3 Å². The van der Waals surface area contributed by atoms with E-state index in [0.717, 1.165) is 36.8 Å². The van der Waals surface area contributed by atoms with E-state index in [9.17, 15) is 0 Å². The molecule has 3 heterocycles. The van der Waals surface area contributed by atoms with E-state index in [0.29, 0.717) is 0 Å². The first-order valence-corrected chi connectivity index (χ1v) is 19.2. The summed E-state index contributed by atoms with van der Waals surface area (Å²) in [4.78, 5) is 3.95. The van der Waals surface area contributed by atoms with Gasteiger partial charge < -0.3 is 9.32 Å². The van der Waals surface area contributed by atoms with Gasteiger partial charge in [-0.15, -0.1) is 11.3 Å². The molecule has 0 bridgehead atoms. The second-order valence-corrected chi connectivity index (χ2v) is 16.4. The number of fused-ring (bicyclic) bond motifs is 12. The van der Waals surface area contributed by atoms with Crippen molar-refractivity contribution in [3.8, 4) is 21.6 Å². The SMILES string of the molecule is C[SiH]1c2cc(N(C3=CCCC=C3)c3ccc4c5c(sc4c3)-c3ccccc3CC5)ccc2-c2c1ccc1c2oc2ccccc21. The molecule has 45 heavy (non-hydrogen) atoms. The molecule has 216 valence electrons. The van der Waals surface area contributed by atoms with Crippen LogP contribution in [0.5, 0.6) is 0 Å². The second kappa shape index (κ2) is 9.68. The Morgan fingerprint density at radius 3 is 2.51 bits per heavy atom. The predicted octanol–water partition coefficient (Wildman–Crippen LogP) is 9.89. The van der Waals surface area contributed by atoms with Gasteiger partial charge in [0.2, 0.25) is 0 Å².